The minimum atomic E-state index is -0.132. The lowest BCUT2D eigenvalue weighted by molar-refractivity contribution is 0.724. The minimum Gasteiger partial charge on any atom is -0.273 e. The van der Waals surface area contributed by atoms with Gasteiger partial charge in [0.25, 0.3) is 0 Å². The first-order valence-electron chi connectivity index (χ1n) is 10.3. The van der Waals surface area contributed by atoms with Crippen molar-refractivity contribution >= 4 is 28.6 Å². The number of nitrogens with zero attached hydrogens (tertiary/aromatic N) is 5. The summed E-state index contributed by atoms with van der Waals surface area (Å²) in [4.78, 5) is 10.5. The lowest BCUT2D eigenvalue weighted by Crippen LogP contribution is -2.07. The summed E-state index contributed by atoms with van der Waals surface area (Å²) in [5, 5.41) is 10.5. The number of aryl methyl sites for hydroxylation is 2. The molecule has 0 aliphatic carbocycles. The lowest BCUT2D eigenvalue weighted by atomic mass is 9.99. The zero-order chi connectivity index (χ0) is 22.4. The fourth-order valence-corrected chi connectivity index (χ4v) is 5.10. The summed E-state index contributed by atoms with van der Waals surface area (Å²) in [6.07, 6.45) is 1.83. The van der Waals surface area contributed by atoms with Gasteiger partial charge >= 0.3 is 0 Å². The lowest BCUT2D eigenvalue weighted by Gasteiger charge is -2.09. The molecule has 0 spiro atoms. The second-order valence-electron chi connectivity index (χ2n) is 7.81. The Morgan fingerprint density at radius 3 is 2.50 bits per heavy atom. The highest BCUT2D eigenvalue weighted by Gasteiger charge is 2.29. The molecule has 0 amide bonds. The van der Waals surface area contributed by atoms with Crippen LogP contribution in [0.1, 0.15) is 57.4 Å². The normalized spacial score (nSPS) is 14.7. The van der Waals surface area contributed by atoms with Crippen LogP contribution >= 0.6 is 22.9 Å². The van der Waals surface area contributed by atoms with Crippen LogP contribution in [0.5, 0.6) is 0 Å². The van der Waals surface area contributed by atoms with Crippen LogP contribution in [0.25, 0.3) is 5.00 Å². The Morgan fingerprint density at radius 1 is 1.00 bits per heavy atom. The van der Waals surface area contributed by atoms with Gasteiger partial charge in [-0.2, -0.15) is 0 Å². The molecular formula is C25H20ClN5S. The molecule has 0 saturated carbocycles. The summed E-state index contributed by atoms with van der Waals surface area (Å²) in [5.41, 5.74) is 5.95. The number of fused-ring (bicyclic) bond motifs is 3. The Labute approximate surface area is 195 Å². The Kier molecular flexibility index (Phi) is 5.16. The van der Waals surface area contributed by atoms with Crippen LogP contribution in [0.4, 0.5) is 0 Å². The molecule has 1 aliphatic rings. The van der Waals surface area contributed by atoms with Crippen molar-refractivity contribution in [3.63, 3.8) is 0 Å². The van der Waals surface area contributed by atoms with Crippen molar-refractivity contribution in [3.05, 3.63) is 92.1 Å². The van der Waals surface area contributed by atoms with Gasteiger partial charge < -0.3 is 0 Å². The Morgan fingerprint density at radius 2 is 1.78 bits per heavy atom. The minimum absolute atomic E-state index is 0.132. The number of aromatic nitrogens is 4. The highest BCUT2D eigenvalue weighted by atomic mass is 35.5. The van der Waals surface area contributed by atoms with E-state index < -0.39 is 0 Å². The number of thiophene rings is 1. The SMILES string of the molecule is Cc1ccc(C#Cc2sc3c(c2C)C(c2ccc(Cl)cc2)=N[C@@H](C)c2nnc(C)n2-3)nc1. The first-order valence-corrected chi connectivity index (χ1v) is 11.5. The van der Waals surface area contributed by atoms with Crippen molar-refractivity contribution in [1.82, 2.24) is 19.7 Å². The van der Waals surface area contributed by atoms with Gasteiger partial charge in [0.1, 0.15) is 22.6 Å². The standard InChI is InChI=1S/C25H20ClN5S/c1-14-5-10-20(27-13-14)11-12-21-15(2)22-23(18-6-8-19(26)9-7-18)28-16(3)24-30-29-17(4)31(24)25(22)32-21/h5-10,13,16H,1-4H3/t16-/m0/s1. The average molecular weight is 458 g/mol. The molecule has 0 N–H and O–H groups in total. The van der Waals surface area contributed by atoms with E-state index in [0.29, 0.717) is 5.02 Å². The molecule has 0 saturated heterocycles. The summed E-state index contributed by atoms with van der Waals surface area (Å²) >= 11 is 7.79. The monoisotopic (exact) mass is 457 g/mol. The molecule has 5 rings (SSSR count). The van der Waals surface area contributed by atoms with E-state index in [0.717, 1.165) is 55.2 Å². The highest BCUT2D eigenvalue weighted by molar-refractivity contribution is 7.15. The van der Waals surface area contributed by atoms with Crippen molar-refractivity contribution in [1.29, 1.82) is 0 Å². The molecule has 4 aromatic rings. The van der Waals surface area contributed by atoms with Crippen LogP contribution in [-0.2, 0) is 0 Å². The van der Waals surface area contributed by atoms with Gasteiger partial charge in [0, 0.05) is 22.3 Å². The smallest absolute Gasteiger partial charge is 0.162 e. The van der Waals surface area contributed by atoms with E-state index in [1.165, 1.54) is 0 Å². The molecule has 5 nitrogen and oxygen atoms in total. The van der Waals surface area contributed by atoms with Crippen LogP contribution in [0.15, 0.2) is 47.6 Å². The number of aliphatic imine (C=N–C) groups is 1. The molecule has 0 unspecified atom stereocenters. The molecule has 1 aromatic carbocycles. The summed E-state index contributed by atoms with van der Waals surface area (Å²) < 4.78 is 2.11. The molecule has 4 heterocycles. The Hall–Kier alpha value is -3.27. The van der Waals surface area contributed by atoms with Crippen molar-refractivity contribution in [2.24, 2.45) is 4.99 Å². The van der Waals surface area contributed by atoms with Crippen molar-refractivity contribution in [2.75, 3.05) is 0 Å². The van der Waals surface area contributed by atoms with E-state index in [9.17, 15) is 0 Å². The molecule has 0 bridgehead atoms. The van der Waals surface area contributed by atoms with Gasteiger partial charge in [-0.05, 0) is 68.9 Å². The first-order chi connectivity index (χ1) is 15.4. The summed E-state index contributed by atoms with van der Waals surface area (Å²) in [7, 11) is 0. The van der Waals surface area contributed by atoms with E-state index in [2.05, 4.69) is 38.5 Å². The fraction of sp³-hybridized carbons (Fsp3) is 0.200. The molecule has 0 fully saturated rings. The van der Waals surface area contributed by atoms with Gasteiger partial charge in [0.05, 0.1) is 10.6 Å². The third-order valence-electron chi connectivity index (χ3n) is 5.45. The number of benzene rings is 1. The number of halogens is 1. The van der Waals surface area contributed by atoms with E-state index in [4.69, 9.17) is 16.6 Å². The van der Waals surface area contributed by atoms with Crippen LogP contribution in [0.2, 0.25) is 5.02 Å². The van der Waals surface area contributed by atoms with Crippen molar-refractivity contribution < 1.29 is 0 Å². The van der Waals surface area contributed by atoms with Crippen molar-refractivity contribution in [3.8, 4) is 16.8 Å². The molecule has 0 radical (unpaired) electrons. The third kappa shape index (κ3) is 3.54. The number of hydrogen-bond donors (Lipinski definition) is 0. The van der Waals surface area contributed by atoms with Crippen LogP contribution in [-0.4, -0.2) is 25.5 Å². The van der Waals surface area contributed by atoms with Gasteiger partial charge in [-0.3, -0.25) is 9.56 Å². The van der Waals surface area contributed by atoms with E-state index >= 15 is 0 Å². The van der Waals surface area contributed by atoms with Gasteiger partial charge in [0.15, 0.2) is 5.82 Å². The third-order valence-corrected chi connectivity index (χ3v) is 6.89. The molecule has 7 heteroatoms. The van der Waals surface area contributed by atoms with Crippen LogP contribution in [0, 0.1) is 32.6 Å². The molecule has 32 heavy (non-hydrogen) atoms. The number of rotatable bonds is 1. The van der Waals surface area contributed by atoms with E-state index in [-0.39, 0.29) is 6.04 Å². The first kappa shape index (κ1) is 20.6. The quantitative estimate of drug-likeness (QED) is 0.349. The van der Waals surface area contributed by atoms with Gasteiger partial charge in [0.2, 0.25) is 0 Å². The fourth-order valence-electron chi connectivity index (χ4n) is 3.76. The van der Waals surface area contributed by atoms with Gasteiger partial charge in [-0.25, -0.2) is 4.98 Å². The Balaban J connectivity index is 1.72. The second-order valence-corrected chi connectivity index (χ2v) is 9.24. The van der Waals surface area contributed by atoms with Gasteiger partial charge in [-0.15, -0.1) is 21.5 Å². The summed E-state index contributed by atoms with van der Waals surface area (Å²) in [5.74, 6) is 8.21. The Bertz CT molecular complexity index is 1420. The largest absolute Gasteiger partial charge is 0.273 e. The maximum Gasteiger partial charge on any atom is 0.162 e. The maximum absolute atomic E-state index is 6.15. The maximum atomic E-state index is 6.15. The molecule has 158 valence electrons. The molecule has 1 atom stereocenters. The van der Waals surface area contributed by atoms with E-state index in [1.807, 2.05) is 63.4 Å². The van der Waals surface area contributed by atoms with Crippen LogP contribution in [0.3, 0.4) is 0 Å². The predicted molar refractivity (Wildman–Crippen MR) is 129 cm³/mol. The topological polar surface area (TPSA) is 56.0 Å². The molecule has 1 aliphatic heterocycles. The number of hydrogen-bond acceptors (Lipinski definition) is 5. The van der Waals surface area contributed by atoms with Crippen molar-refractivity contribution in [2.45, 2.75) is 33.7 Å². The van der Waals surface area contributed by atoms with Gasteiger partial charge in [-0.1, -0.05) is 29.8 Å². The second kappa shape index (κ2) is 8.01. The highest BCUT2D eigenvalue weighted by Crippen LogP contribution is 2.38. The zero-order valence-electron chi connectivity index (χ0n) is 18.1. The summed E-state index contributed by atoms with van der Waals surface area (Å²) in [6.45, 7) is 8.13. The van der Waals surface area contributed by atoms with Crippen LogP contribution < -0.4 is 0 Å². The summed E-state index contributed by atoms with van der Waals surface area (Å²) in [6, 6.07) is 11.6. The molecule has 3 aromatic heterocycles. The average Bonchev–Trinajstić information content (AvgIpc) is 3.28. The number of pyridine rings is 1. The molecular weight excluding hydrogens is 438 g/mol. The zero-order valence-corrected chi connectivity index (χ0v) is 19.7. The predicted octanol–water partition coefficient (Wildman–Crippen LogP) is 5.61. The van der Waals surface area contributed by atoms with E-state index in [1.54, 1.807) is 11.3 Å².